The smallest absolute Gasteiger partial charge is 0.449 e. The predicted octanol–water partition coefficient (Wildman–Crippen LogP) is 2.91. The largest absolute Gasteiger partial charge is 0.512 e. The van der Waals surface area contributed by atoms with E-state index in [9.17, 15) is 9.59 Å². The Kier molecular flexibility index (Phi) is 4.32. The number of fused-ring (bicyclic) bond motifs is 1. The number of H-pyrrole nitrogens is 1. The molecule has 0 radical (unpaired) electrons. The summed E-state index contributed by atoms with van der Waals surface area (Å²) in [7, 11) is 0. The summed E-state index contributed by atoms with van der Waals surface area (Å²) in [5.74, 6) is -0.00129. The minimum absolute atomic E-state index is 0.00129. The van der Waals surface area contributed by atoms with E-state index in [4.69, 9.17) is 15.6 Å². The number of carbonyl (C=O) groups is 2. The van der Waals surface area contributed by atoms with Crippen LogP contribution in [0.1, 0.15) is 19.8 Å². The molecule has 0 saturated carbocycles. The van der Waals surface area contributed by atoms with Crippen LogP contribution >= 0.6 is 0 Å². The van der Waals surface area contributed by atoms with Gasteiger partial charge in [0, 0.05) is 11.9 Å². The lowest BCUT2D eigenvalue weighted by atomic mass is 10.2. The minimum Gasteiger partial charge on any atom is -0.449 e. The lowest BCUT2D eigenvalue weighted by Gasteiger charge is -2.20. The predicted molar refractivity (Wildman–Crippen MR) is 78.8 cm³/mol. The van der Waals surface area contributed by atoms with Gasteiger partial charge in [0.2, 0.25) is 5.88 Å². The Morgan fingerprint density at radius 2 is 2.10 bits per heavy atom. The molecule has 2 amide bonds. The van der Waals surface area contributed by atoms with E-state index in [0.29, 0.717) is 23.1 Å². The van der Waals surface area contributed by atoms with E-state index in [1.165, 1.54) is 4.90 Å². The van der Waals surface area contributed by atoms with Crippen molar-refractivity contribution in [2.45, 2.75) is 19.8 Å². The highest BCUT2D eigenvalue weighted by molar-refractivity contribution is 6.05. The fraction of sp³-hybridized carbons (Fsp3) is 0.286. The summed E-state index contributed by atoms with van der Waals surface area (Å²) < 4.78 is 4.75. The summed E-state index contributed by atoms with van der Waals surface area (Å²) in [6.45, 7) is 2.38. The summed E-state index contributed by atoms with van der Waals surface area (Å²) in [6.07, 6.45) is 0.165. The first-order valence-corrected chi connectivity index (χ1v) is 6.63. The van der Waals surface area contributed by atoms with Crippen molar-refractivity contribution in [3.05, 3.63) is 24.3 Å². The number of rotatable bonds is 5. The van der Waals surface area contributed by atoms with Crippen LogP contribution in [0.2, 0.25) is 0 Å². The molecule has 2 rings (SSSR count). The second-order valence-electron chi connectivity index (χ2n) is 4.56. The molecule has 0 fully saturated rings. The molecule has 4 N–H and O–H groups in total. The van der Waals surface area contributed by atoms with E-state index in [0.717, 1.165) is 12.8 Å². The molecule has 2 aromatic rings. The Balaban J connectivity index is 2.56. The summed E-state index contributed by atoms with van der Waals surface area (Å²) in [4.78, 5) is 26.7. The molecule has 1 aromatic heterocycles. The SMILES string of the molecule is CCCCN(C(N)=O)c1c(OC(=O)O)[nH]c2ccccc12. The lowest BCUT2D eigenvalue weighted by Crippen LogP contribution is -2.36. The first kappa shape index (κ1) is 14.7. The van der Waals surface area contributed by atoms with Crippen molar-refractivity contribution in [3.63, 3.8) is 0 Å². The van der Waals surface area contributed by atoms with Gasteiger partial charge in [0.1, 0.15) is 5.69 Å². The number of nitrogens with two attached hydrogens (primary N) is 1. The van der Waals surface area contributed by atoms with Crippen LogP contribution in [-0.2, 0) is 0 Å². The fourth-order valence-electron chi connectivity index (χ4n) is 2.18. The Morgan fingerprint density at radius 3 is 2.71 bits per heavy atom. The third-order valence-electron chi connectivity index (χ3n) is 3.11. The standard InChI is InChI=1S/C14H17N3O4/c1-2-3-8-17(13(15)18)11-9-6-4-5-7-10(9)16-12(11)21-14(19)20/h4-7,16H,2-3,8H2,1H3,(H2,15,18)(H,19,20). The number of nitrogens with one attached hydrogen (secondary N) is 1. The van der Waals surface area contributed by atoms with Crippen LogP contribution < -0.4 is 15.4 Å². The number of ether oxygens (including phenoxy) is 1. The van der Waals surface area contributed by atoms with Crippen LogP contribution in [0.4, 0.5) is 15.3 Å². The maximum absolute atomic E-state index is 11.7. The van der Waals surface area contributed by atoms with E-state index in [-0.39, 0.29) is 5.88 Å². The molecule has 0 bridgehead atoms. The number of aromatic amines is 1. The van der Waals surface area contributed by atoms with Crippen molar-refractivity contribution in [1.29, 1.82) is 0 Å². The summed E-state index contributed by atoms with van der Waals surface area (Å²) in [6, 6.07) is 6.49. The highest BCUT2D eigenvalue weighted by Gasteiger charge is 2.23. The molecule has 112 valence electrons. The van der Waals surface area contributed by atoms with E-state index in [1.807, 2.05) is 6.92 Å². The van der Waals surface area contributed by atoms with Gasteiger partial charge in [-0.05, 0) is 12.5 Å². The third kappa shape index (κ3) is 3.07. The molecule has 1 aromatic carbocycles. The number of hydrogen-bond donors (Lipinski definition) is 3. The number of benzene rings is 1. The number of amides is 2. The normalized spacial score (nSPS) is 10.5. The van der Waals surface area contributed by atoms with E-state index in [2.05, 4.69) is 4.98 Å². The number of primary amides is 1. The van der Waals surface area contributed by atoms with Crippen molar-refractivity contribution in [1.82, 2.24) is 4.98 Å². The number of carbonyl (C=O) groups excluding carboxylic acids is 1. The maximum atomic E-state index is 11.7. The number of para-hydroxylation sites is 1. The van der Waals surface area contributed by atoms with E-state index >= 15 is 0 Å². The van der Waals surface area contributed by atoms with Gasteiger partial charge in [0.15, 0.2) is 0 Å². The molecule has 1 heterocycles. The van der Waals surface area contributed by atoms with Crippen molar-refractivity contribution >= 4 is 28.8 Å². The molecule has 0 unspecified atom stereocenters. The Labute approximate surface area is 121 Å². The minimum atomic E-state index is -1.46. The maximum Gasteiger partial charge on any atom is 0.512 e. The number of carboxylic acid groups (broad SMARTS) is 1. The highest BCUT2D eigenvalue weighted by Crippen LogP contribution is 2.36. The molecule has 7 nitrogen and oxygen atoms in total. The van der Waals surface area contributed by atoms with Crippen LogP contribution in [0.15, 0.2) is 24.3 Å². The zero-order valence-corrected chi connectivity index (χ0v) is 11.6. The van der Waals surface area contributed by atoms with Crippen LogP contribution in [-0.4, -0.2) is 28.8 Å². The van der Waals surface area contributed by atoms with Gasteiger partial charge in [0.05, 0.1) is 5.52 Å². The van der Waals surface area contributed by atoms with E-state index < -0.39 is 12.2 Å². The molecule has 7 heteroatoms. The topological polar surface area (TPSA) is 109 Å². The fourth-order valence-corrected chi connectivity index (χ4v) is 2.18. The Hall–Kier alpha value is -2.70. The molecule has 0 atom stereocenters. The van der Waals surface area contributed by atoms with Crippen molar-refractivity contribution in [2.75, 3.05) is 11.4 Å². The van der Waals surface area contributed by atoms with Crippen molar-refractivity contribution in [2.24, 2.45) is 5.73 Å². The van der Waals surface area contributed by atoms with Gasteiger partial charge in [-0.3, -0.25) is 4.90 Å². The van der Waals surface area contributed by atoms with Gasteiger partial charge in [-0.1, -0.05) is 31.5 Å². The number of hydrogen-bond acceptors (Lipinski definition) is 3. The molecule has 0 aliphatic rings. The number of nitrogens with zero attached hydrogens (tertiary/aromatic N) is 1. The zero-order valence-electron chi connectivity index (χ0n) is 11.6. The number of urea groups is 1. The van der Waals surface area contributed by atoms with Crippen molar-refractivity contribution < 1.29 is 19.4 Å². The summed E-state index contributed by atoms with van der Waals surface area (Å²) >= 11 is 0. The average molecular weight is 291 g/mol. The van der Waals surface area contributed by atoms with Crippen LogP contribution in [0.25, 0.3) is 10.9 Å². The molecule has 0 saturated heterocycles. The van der Waals surface area contributed by atoms with Gasteiger partial charge in [-0.25, -0.2) is 9.59 Å². The van der Waals surface area contributed by atoms with Crippen LogP contribution in [0.3, 0.4) is 0 Å². The first-order chi connectivity index (χ1) is 10.0. The van der Waals surface area contributed by atoms with Crippen LogP contribution in [0.5, 0.6) is 5.88 Å². The molecule has 0 aliphatic heterocycles. The molecular formula is C14H17N3O4. The van der Waals surface area contributed by atoms with Gasteiger partial charge < -0.3 is 20.6 Å². The van der Waals surface area contributed by atoms with Gasteiger partial charge >= 0.3 is 12.2 Å². The lowest BCUT2D eigenvalue weighted by molar-refractivity contribution is 0.143. The number of unbranched alkanes of at least 4 members (excludes halogenated alkanes) is 1. The van der Waals surface area contributed by atoms with Crippen LogP contribution in [0, 0.1) is 0 Å². The zero-order chi connectivity index (χ0) is 15.4. The highest BCUT2D eigenvalue weighted by atomic mass is 16.7. The van der Waals surface area contributed by atoms with Crippen molar-refractivity contribution in [3.8, 4) is 5.88 Å². The number of anilines is 1. The molecule has 21 heavy (non-hydrogen) atoms. The molecular weight excluding hydrogens is 274 g/mol. The molecule has 0 spiro atoms. The van der Waals surface area contributed by atoms with Gasteiger partial charge in [0.25, 0.3) is 0 Å². The quantitative estimate of drug-likeness (QED) is 0.736. The number of aromatic nitrogens is 1. The van der Waals surface area contributed by atoms with Gasteiger partial charge in [-0.15, -0.1) is 0 Å². The van der Waals surface area contributed by atoms with Gasteiger partial charge in [-0.2, -0.15) is 0 Å². The second kappa shape index (κ2) is 6.17. The summed E-state index contributed by atoms with van der Waals surface area (Å²) in [5.41, 5.74) is 6.46. The third-order valence-corrected chi connectivity index (χ3v) is 3.11. The summed E-state index contributed by atoms with van der Waals surface area (Å²) in [5, 5.41) is 9.52. The molecule has 0 aliphatic carbocycles. The average Bonchev–Trinajstić information content (AvgIpc) is 2.76. The second-order valence-corrected chi connectivity index (χ2v) is 4.56. The Morgan fingerprint density at radius 1 is 1.38 bits per heavy atom. The Bertz CT molecular complexity index is 665. The van der Waals surface area contributed by atoms with E-state index in [1.54, 1.807) is 24.3 Å². The first-order valence-electron chi connectivity index (χ1n) is 6.63. The monoisotopic (exact) mass is 291 g/mol.